The molecule has 3 aromatic rings. The minimum absolute atomic E-state index is 0.0653. The van der Waals surface area contributed by atoms with Crippen LogP contribution in [0.25, 0.3) is 11.0 Å². The van der Waals surface area contributed by atoms with Gasteiger partial charge in [-0.2, -0.15) is 0 Å². The van der Waals surface area contributed by atoms with Gasteiger partial charge in [-0.1, -0.05) is 27.7 Å². The number of carbonyl (C=O) groups is 2. The van der Waals surface area contributed by atoms with Gasteiger partial charge in [0.1, 0.15) is 5.82 Å². The van der Waals surface area contributed by atoms with Crippen molar-refractivity contribution in [3.63, 3.8) is 0 Å². The zero-order valence-corrected chi connectivity index (χ0v) is 19.6. The standard InChI is InChI=1S/C24H32N4O2S/c1-5-19(6-2)28-21-8-7-16(22(29)11-17(24(25)30)9-15(3)4)10-20(21)27-23(28)12-18-13-31-14-26-18/h7-8,10,13-15,17,19H,5-6,9,11-12H2,1-4H3,(H2,25,30)/t17-/m1/s1. The second-order valence-corrected chi connectivity index (χ2v) is 9.30. The van der Waals surface area contributed by atoms with Crippen LogP contribution in [-0.2, 0) is 11.2 Å². The van der Waals surface area contributed by atoms with Crippen molar-refractivity contribution in [3.05, 3.63) is 46.2 Å². The predicted molar refractivity (Wildman–Crippen MR) is 125 cm³/mol. The number of hydrogen-bond donors (Lipinski definition) is 1. The molecule has 0 aliphatic heterocycles. The lowest BCUT2D eigenvalue weighted by Crippen LogP contribution is -2.27. The van der Waals surface area contributed by atoms with Crippen LogP contribution in [0.2, 0.25) is 0 Å². The summed E-state index contributed by atoms with van der Waals surface area (Å²) >= 11 is 1.58. The highest BCUT2D eigenvalue weighted by Crippen LogP contribution is 2.28. The van der Waals surface area contributed by atoms with E-state index in [0.717, 1.165) is 35.4 Å². The van der Waals surface area contributed by atoms with Crippen molar-refractivity contribution >= 4 is 34.1 Å². The van der Waals surface area contributed by atoms with E-state index in [1.807, 2.05) is 42.9 Å². The number of benzene rings is 1. The lowest BCUT2D eigenvalue weighted by molar-refractivity contribution is -0.122. The average molecular weight is 441 g/mol. The summed E-state index contributed by atoms with van der Waals surface area (Å²) < 4.78 is 2.30. The van der Waals surface area contributed by atoms with Crippen molar-refractivity contribution in [3.8, 4) is 0 Å². The molecule has 0 bridgehead atoms. The number of rotatable bonds is 11. The summed E-state index contributed by atoms with van der Waals surface area (Å²) in [6, 6.07) is 6.03. The first-order valence-corrected chi connectivity index (χ1v) is 12.0. The van der Waals surface area contributed by atoms with Gasteiger partial charge in [-0.25, -0.2) is 9.97 Å². The van der Waals surface area contributed by atoms with Gasteiger partial charge in [-0.05, 0) is 43.4 Å². The Balaban J connectivity index is 1.96. The molecule has 0 saturated carbocycles. The van der Waals surface area contributed by atoms with Crippen LogP contribution in [-0.4, -0.2) is 26.2 Å². The predicted octanol–water partition coefficient (Wildman–Crippen LogP) is 5.17. The Morgan fingerprint density at radius 3 is 2.52 bits per heavy atom. The van der Waals surface area contributed by atoms with Crippen molar-refractivity contribution in [2.24, 2.45) is 17.6 Å². The molecule has 2 aromatic heterocycles. The number of carbonyl (C=O) groups excluding carboxylic acids is 2. The van der Waals surface area contributed by atoms with Crippen molar-refractivity contribution in [2.45, 2.75) is 65.8 Å². The molecular weight excluding hydrogens is 408 g/mol. The third-order valence-electron chi connectivity index (χ3n) is 5.80. The Hall–Kier alpha value is -2.54. The molecule has 0 radical (unpaired) electrons. The molecule has 0 aliphatic carbocycles. The smallest absolute Gasteiger partial charge is 0.220 e. The van der Waals surface area contributed by atoms with Crippen LogP contribution in [0, 0.1) is 11.8 Å². The molecule has 2 N–H and O–H groups in total. The molecule has 0 spiro atoms. The molecule has 3 rings (SSSR count). The van der Waals surface area contributed by atoms with Crippen LogP contribution in [0.5, 0.6) is 0 Å². The molecule has 1 amide bonds. The van der Waals surface area contributed by atoms with Crippen LogP contribution >= 0.6 is 11.3 Å². The normalized spacial score (nSPS) is 12.7. The summed E-state index contributed by atoms with van der Waals surface area (Å²) in [5.74, 6) is 0.354. The van der Waals surface area contributed by atoms with Gasteiger partial charge in [-0.15, -0.1) is 11.3 Å². The number of ketones is 1. The maximum atomic E-state index is 12.9. The number of primary amides is 1. The molecule has 1 atom stereocenters. The fourth-order valence-corrected chi connectivity index (χ4v) is 4.76. The van der Waals surface area contributed by atoms with Gasteiger partial charge >= 0.3 is 0 Å². The van der Waals surface area contributed by atoms with Gasteiger partial charge in [0.25, 0.3) is 0 Å². The topological polar surface area (TPSA) is 90.9 Å². The summed E-state index contributed by atoms with van der Waals surface area (Å²) in [5, 5.41) is 2.05. The minimum atomic E-state index is -0.439. The summed E-state index contributed by atoms with van der Waals surface area (Å²) in [7, 11) is 0. The molecule has 7 heteroatoms. The van der Waals surface area contributed by atoms with Crippen molar-refractivity contribution in [1.82, 2.24) is 14.5 Å². The molecule has 0 unspecified atom stereocenters. The first kappa shape index (κ1) is 23.1. The monoisotopic (exact) mass is 440 g/mol. The fraction of sp³-hybridized carbons (Fsp3) is 0.500. The first-order valence-electron chi connectivity index (χ1n) is 11.0. The highest BCUT2D eigenvalue weighted by molar-refractivity contribution is 7.07. The van der Waals surface area contributed by atoms with E-state index >= 15 is 0 Å². The summed E-state index contributed by atoms with van der Waals surface area (Å²) in [6.07, 6.45) is 3.42. The molecule has 2 heterocycles. The molecule has 6 nitrogen and oxygen atoms in total. The Kier molecular flexibility index (Phi) is 7.59. The largest absolute Gasteiger partial charge is 0.369 e. The molecule has 1 aromatic carbocycles. The third kappa shape index (κ3) is 5.39. The molecule has 0 fully saturated rings. The maximum Gasteiger partial charge on any atom is 0.220 e. The van der Waals surface area contributed by atoms with E-state index in [0.29, 0.717) is 30.4 Å². The number of amides is 1. The highest BCUT2D eigenvalue weighted by Gasteiger charge is 2.23. The molecular formula is C24H32N4O2S. The molecule has 0 saturated heterocycles. The fourth-order valence-electron chi connectivity index (χ4n) is 4.21. The van der Waals surface area contributed by atoms with E-state index in [-0.39, 0.29) is 12.2 Å². The van der Waals surface area contributed by atoms with Crippen LogP contribution in [0.1, 0.15) is 81.3 Å². The highest BCUT2D eigenvalue weighted by atomic mass is 32.1. The van der Waals surface area contributed by atoms with E-state index in [1.165, 1.54) is 0 Å². The quantitative estimate of drug-likeness (QED) is 0.417. The van der Waals surface area contributed by atoms with Crippen LogP contribution < -0.4 is 5.73 Å². The van der Waals surface area contributed by atoms with E-state index in [1.54, 1.807) is 11.3 Å². The number of thiazole rings is 1. The number of nitrogens with two attached hydrogens (primary N) is 1. The number of aromatic nitrogens is 3. The van der Waals surface area contributed by atoms with E-state index in [2.05, 4.69) is 23.4 Å². The lowest BCUT2D eigenvalue weighted by atomic mass is 9.90. The average Bonchev–Trinajstić information content (AvgIpc) is 3.36. The van der Waals surface area contributed by atoms with Gasteiger partial charge in [0.2, 0.25) is 5.91 Å². The summed E-state index contributed by atoms with van der Waals surface area (Å²) in [6.45, 7) is 8.42. The number of nitrogens with zero attached hydrogens (tertiary/aromatic N) is 3. The number of fused-ring (bicyclic) bond motifs is 1. The molecule has 166 valence electrons. The Morgan fingerprint density at radius 2 is 1.94 bits per heavy atom. The van der Waals surface area contributed by atoms with E-state index < -0.39 is 11.8 Å². The number of Topliss-reactive ketones (excluding diaryl/α,β-unsaturated/α-hetero) is 1. The Morgan fingerprint density at radius 1 is 1.19 bits per heavy atom. The minimum Gasteiger partial charge on any atom is -0.369 e. The van der Waals surface area contributed by atoms with E-state index in [9.17, 15) is 9.59 Å². The number of imidazole rings is 1. The zero-order valence-electron chi connectivity index (χ0n) is 18.8. The first-order chi connectivity index (χ1) is 14.8. The van der Waals surface area contributed by atoms with Gasteiger partial charge in [0, 0.05) is 35.7 Å². The van der Waals surface area contributed by atoms with Crippen LogP contribution in [0.4, 0.5) is 0 Å². The SMILES string of the molecule is CCC(CC)n1c(Cc2cscn2)nc2cc(C(=O)C[C@@H](CC(C)C)C(N)=O)ccc21. The Labute approximate surface area is 187 Å². The van der Waals surface area contributed by atoms with Crippen molar-refractivity contribution in [1.29, 1.82) is 0 Å². The van der Waals surface area contributed by atoms with Gasteiger partial charge in [0.05, 0.1) is 22.2 Å². The zero-order chi connectivity index (χ0) is 22.5. The number of hydrogen-bond acceptors (Lipinski definition) is 5. The van der Waals surface area contributed by atoms with Gasteiger partial charge in [0.15, 0.2) is 5.78 Å². The van der Waals surface area contributed by atoms with Crippen LogP contribution in [0.3, 0.4) is 0 Å². The third-order valence-corrected chi connectivity index (χ3v) is 6.44. The van der Waals surface area contributed by atoms with Crippen molar-refractivity contribution < 1.29 is 9.59 Å². The molecule has 31 heavy (non-hydrogen) atoms. The van der Waals surface area contributed by atoms with Crippen LogP contribution in [0.15, 0.2) is 29.1 Å². The van der Waals surface area contributed by atoms with E-state index in [4.69, 9.17) is 10.7 Å². The lowest BCUT2D eigenvalue weighted by Gasteiger charge is -2.19. The molecule has 0 aliphatic rings. The second-order valence-electron chi connectivity index (χ2n) is 8.58. The summed E-state index contributed by atoms with van der Waals surface area (Å²) in [5.41, 5.74) is 10.8. The van der Waals surface area contributed by atoms with Crippen molar-refractivity contribution in [2.75, 3.05) is 0 Å². The van der Waals surface area contributed by atoms with Gasteiger partial charge in [-0.3, -0.25) is 9.59 Å². The summed E-state index contributed by atoms with van der Waals surface area (Å²) in [4.78, 5) is 34.0. The second kappa shape index (κ2) is 10.2. The van der Waals surface area contributed by atoms with Gasteiger partial charge < -0.3 is 10.3 Å². The Bertz CT molecular complexity index is 1040. The maximum absolute atomic E-state index is 12.9.